The molecule has 26 heavy (non-hydrogen) atoms. The van der Waals surface area contributed by atoms with Gasteiger partial charge in [-0.1, -0.05) is 17.3 Å². The molecule has 0 spiro atoms. The number of benzene rings is 1. The monoisotopic (exact) mass is 357 g/mol. The third kappa shape index (κ3) is 3.62. The average molecular weight is 357 g/mol. The van der Waals surface area contributed by atoms with Crippen LogP contribution in [0.5, 0.6) is 0 Å². The van der Waals surface area contributed by atoms with E-state index in [9.17, 15) is 9.18 Å². The van der Waals surface area contributed by atoms with Gasteiger partial charge in [-0.05, 0) is 62.9 Å². The largest absolute Gasteiger partial charge is 0.334 e. The first-order valence-corrected chi connectivity index (χ1v) is 9.38. The topological polar surface area (TPSA) is 63.1 Å². The summed E-state index contributed by atoms with van der Waals surface area (Å²) < 4.78 is 15.3. The van der Waals surface area contributed by atoms with Crippen molar-refractivity contribution in [1.82, 2.24) is 25.2 Å². The minimum atomic E-state index is -0.233. The molecule has 1 N–H and O–H groups in total. The summed E-state index contributed by atoms with van der Waals surface area (Å²) in [5.74, 6) is -0.299. The van der Waals surface area contributed by atoms with Gasteiger partial charge >= 0.3 is 0 Å². The standard InChI is InChI=1S/C19H24FN5O/c20-15-4-1-3-14(11-15)12-17-5-2-10-24(17)19(26)18-13-25(23-22-18)16-6-8-21-9-7-16/h1,3-4,11,13,16-17,21H,2,5-10,12H2. The quantitative estimate of drug-likeness (QED) is 0.911. The van der Waals surface area contributed by atoms with Crippen molar-refractivity contribution in [1.29, 1.82) is 0 Å². The number of hydrogen-bond donors (Lipinski definition) is 1. The number of nitrogens with zero attached hydrogens (tertiary/aromatic N) is 4. The Labute approximate surface area is 152 Å². The van der Waals surface area contributed by atoms with Gasteiger partial charge in [0.15, 0.2) is 5.69 Å². The smallest absolute Gasteiger partial charge is 0.276 e. The molecule has 2 aromatic rings. The van der Waals surface area contributed by atoms with Crippen molar-refractivity contribution >= 4 is 5.91 Å². The van der Waals surface area contributed by atoms with Gasteiger partial charge in [0.1, 0.15) is 5.82 Å². The van der Waals surface area contributed by atoms with Crippen LogP contribution in [0.25, 0.3) is 0 Å². The third-order valence-electron chi connectivity index (χ3n) is 5.41. The van der Waals surface area contributed by atoms with E-state index in [4.69, 9.17) is 0 Å². The number of hydrogen-bond acceptors (Lipinski definition) is 4. The second-order valence-electron chi connectivity index (χ2n) is 7.19. The summed E-state index contributed by atoms with van der Waals surface area (Å²) in [6.07, 6.45) is 6.37. The highest BCUT2D eigenvalue weighted by atomic mass is 19.1. The van der Waals surface area contributed by atoms with E-state index in [-0.39, 0.29) is 17.8 Å². The number of carbonyl (C=O) groups is 1. The number of amides is 1. The third-order valence-corrected chi connectivity index (χ3v) is 5.41. The summed E-state index contributed by atoms with van der Waals surface area (Å²) in [6.45, 7) is 2.66. The van der Waals surface area contributed by atoms with E-state index in [1.54, 1.807) is 18.3 Å². The van der Waals surface area contributed by atoms with Gasteiger partial charge < -0.3 is 10.2 Å². The van der Waals surface area contributed by atoms with E-state index in [1.807, 2.05) is 15.6 Å². The van der Waals surface area contributed by atoms with Crippen molar-refractivity contribution in [3.63, 3.8) is 0 Å². The fraction of sp³-hybridized carbons (Fsp3) is 0.526. The summed E-state index contributed by atoms with van der Waals surface area (Å²) in [4.78, 5) is 14.8. The Balaban J connectivity index is 1.45. The molecule has 6 nitrogen and oxygen atoms in total. The molecule has 0 saturated carbocycles. The molecule has 1 atom stereocenters. The lowest BCUT2D eigenvalue weighted by Gasteiger charge is -2.24. The molecule has 2 aliphatic rings. The molecule has 2 saturated heterocycles. The zero-order valence-electron chi connectivity index (χ0n) is 14.8. The van der Waals surface area contributed by atoms with Crippen molar-refractivity contribution in [2.24, 2.45) is 0 Å². The predicted molar refractivity (Wildman–Crippen MR) is 95.3 cm³/mol. The molecule has 1 aromatic carbocycles. The molecule has 2 aliphatic heterocycles. The van der Waals surface area contributed by atoms with Crippen LogP contribution in [0.1, 0.15) is 47.8 Å². The highest BCUT2D eigenvalue weighted by Gasteiger charge is 2.31. The lowest BCUT2D eigenvalue weighted by molar-refractivity contribution is 0.0730. The van der Waals surface area contributed by atoms with Gasteiger partial charge in [0, 0.05) is 12.6 Å². The molecule has 0 bridgehead atoms. The number of halogens is 1. The maximum atomic E-state index is 13.4. The van der Waals surface area contributed by atoms with Crippen molar-refractivity contribution in [2.75, 3.05) is 19.6 Å². The predicted octanol–water partition coefficient (Wildman–Crippen LogP) is 2.19. The van der Waals surface area contributed by atoms with Crippen LogP contribution in [0, 0.1) is 5.82 Å². The lowest BCUT2D eigenvalue weighted by Crippen LogP contribution is -2.37. The van der Waals surface area contributed by atoms with E-state index in [1.165, 1.54) is 6.07 Å². The number of piperidine rings is 1. The second kappa shape index (κ2) is 7.53. The van der Waals surface area contributed by atoms with Crippen LogP contribution in [0.15, 0.2) is 30.5 Å². The highest BCUT2D eigenvalue weighted by Crippen LogP contribution is 2.24. The molecular formula is C19H24FN5O. The van der Waals surface area contributed by atoms with Crippen LogP contribution in [-0.4, -0.2) is 51.5 Å². The fourth-order valence-corrected chi connectivity index (χ4v) is 4.02. The molecule has 1 aromatic heterocycles. The van der Waals surface area contributed by atoms with Crippen LogP contribution < -0.4 is 5.32 Å². The Morgan fingerprint density at radius 3 is 2.92 bits per heavy atom. The lowest BCUT2D eigenvalue weighted by atomic mass is 10.0. The Bertz CT molecular complexity index is 771. The van der Waals surface area contributed by atoms with E-state index in [0.717, 1.165) is 50.9 Å². The van der Waals surface area contributed by atoms with Crippen molar-refractivity contribution in [3.05, 3.63) is 47.5 Å². The molecule has 1 unspecified atom stereocenters. The summed E-state index contributed by atoms with van der Waals surface area (Å²) in [6, 6.07) is 7.03. The van der Waals surface area contributed by atoms with Gasteiger partial charge in [0.25, 0.3) is 5.91 Å². The first kappa shape index (κ1) is 17.1. The van der Waals surface area contributed by atoms with Crippen LogP contribution in [-0.2, 0) is 6.42 Å². The SMILES string of the molecule is O=C(c1cn(C2CCNCC2)nn1)N1CCCC1Cc1cccc(F)c1. The number of rotatable bonds is 4. The molecule has 2 fully saturated rings. The minimum absolute atomic E-state index is 0.0657. The van der Waals surface area contributed by atoms with E-state index >= 15 is 0 Å². The van der Waals surface area contributed by atoms with Crippen molar-refractivity contribution in [2.45, 2.75) is 44.2 Å². The molecule has 3 heterocycles. The van der Waals surface area contributed by atoms with Gasteiger partial charge in [-0.15, -0.1) is 5.10 Å². The van der Waals surface area contributed by atoms with Crippen LogP contribution in [0.3, 0.4) is 0 Å². The van der Waals surface area contributed by atoms with E-state index in [2.05, 4.69) is 15.6 Å². The summed E-state index contributed by atoms with van der Waals surface area (Å²) in [5, 5.41) is 11.7. The summed E-state index contributed by atoms with van der Waals surface area (Å²) in [5.41, 5.74) is 1.34. The maximum Gasteiger partial charge on any atom is 0.276 e. The number of likely N-dealkylation sites (tertiary alicyclic amines) is 1. The normalized spacial score (nSPS) is 21.3. The Kier molecular flexibility index (Phi) is 4.97. The van der Waals surface area contributed by atoms with Crippen molar-refractivity contribution < 1.29 is 9.18 Å². The molecule has 4 rings (SSSR count). The zero-order valence-corrected chi connectivity index (χ0v) is 14.8. The van der Waals surface area contributed by atoms with Crippen LogP contribution in [0.2, 0.25) is 0 Å². The molecule has 0 radical (unpaired) electrons. The van der Waals surface area contributed by atoms with Gasteiger partial charge in [0.2, 0.25) is 0 Å². The Morgan fingerprint density at radius 1 is 1.27 bits per heavy atom. The molecule has 0 aliphatic carbocycles. The Hall–Kier alpha value is -2.28. The average Bonchev–Trinajstić information content (AvgIpc) is 3.32. The molecule has 1 amide bonds. The van der Waals surface area contributed by atoms with Crippen molar-refractivity contribution in [3.8, 4) is 0 Å². The first-order valence-electron chi connectivity index (χ1n) is 9.38. The number of nitrogens with one attached hydrogen (secondary N) is 1. The van der Waals surface area contributed by atoms with Crippen LogP contribution in [0.4, 0.5) is 4.39 Å². The highest BCUT2D eigenvalue weighted by molar-refractivity contribution is 5.92. The summed E-state index contributed by atoms with van der Waals surface area (Å²) >= 11 is 0. The van der Waals surface area contributed by atoms with Gasteiger partial charge in [-0.3, -0.25) is 4.79 Å². The van der Waals surface area contributed by atoms with Gasteiger partial charge in [-0.25, -0.2) is 9.07 Å². The molecule has 138 valence electrons. The molecule has 7 heteroatoms. The number of carbonyl (C=O) groups excluding carboxylic acids is 1. The second-order valence-corrected chi connectivity index (χ2v) is 7.19. The number of aromatic nitrogens is 3. The maximum absolute atomic E-state index is 13.4. The van der Waals surface area contributed by atoms with Gasteiger partial charge in [-0.2, -0.15) is 0 Å². The fourth-order valence-electron chi connectivity index (χ4n) is 4.02. The Morgan fingerprint density at radius 2 is 2.12 bits per heavy atom. The van der Waals surface area contributed by atoms with Crippen LogP contribution >= 0.6 is 0 Å². The first-order chi connectivity index (χ1) is 12.7. The molecular weight excluding hydrogens is 333 g/mol. The van der Waals surface area contributed by atoms with E-state index < -0.39 is 0 Å². The summed E-state index contributed by atoms with van der Waals surface area (Å²) in [7, 11) is 0. The van der Waals surface area contributed by atoms with E-state index in [0.29, 0.717) is 18.2 Å². The minimum Gasteiger partial charge on any atom is -0.334 e. The zero-order chi connectivity index (χ0) is 17.9. The van der Waals surface area contributed by atoms with Gasteiger partial charge in [0.05, 0.1) is 12.2 Å².